The SMILES string of the molecule is Cc1cc(CC(C)c2cc3ccccc3o2)oc1C(C)C. The largest absolute Gasteiger partial charge is 0.466 e. The molecule has 3 rings (SSSR count). The van der Waals surface area contributed by atoms with Gasteiger partial charge in [0.2, 0.25) is 0 Å². The van der Waals surface area contributed by atoms with Crippen LogP contribution in [0.3, 0.4) is 0 Å². The van der Waals surface area contributed by atoms with E-state index in [0.717, 1.165) is 34.7 Å². The van der Waals surface area contributed by atoms with Gasteiger partial charge in [-0.15, -0.1) is 0 Å². The summed E-state index contributed by atoms with van der Waals surface area (Å²) in [6, 6.07) is 12.4. The highest BCUT2D eigenvalue weighted by Crippen LogP contribution is 2.30. The highest BCUT2D eigenvalue weighted by atomic mass is 16.3. The smallest absolute Gasteiger partial charge is 0.134 e. The van der Waals surface area contributed by atoms with Crippen LogP contribution in [0.15, 0.2) is 45.2 Å². The molecule has 0 bridgehead atoms. The van der Waals surface area contributed by atoms with E-state index in [2.05, 4.69) is 45.9 Å². The van der Waals surface area contributed by atoms with Gasteiger partial charge < -0.3 is 8.83 Å². The van der Waals surface area contributed by atoms with Crippen LogP contribution in [0, 0.1) is 6.92 Å². The van der Waals surface area contributed by atoms with Gasteiger partial charge in [0, 0.05) is 23.6 Å². The normalized spacial score (nSPS) is 13.2. The van der Waals surface area contributed by atoms with Gasteiger partial charge in [-0.2, -0.15) is 0 Å². The Kier molecular flexibility index (Phi) is 3.62. The number of hydrogen-bond acceptors (Lipinski definition) is 2. The van der Waals surface area contributed by atoms with E-state index in [0.29, 0.717) is 11.8 Å². The average Bonchev–Trinajstić information content (AvgIpc) is 3.02. The van der Waals surface area contributed by atoms with Crippen LogP contribution in [0.25, 0.3) is 11.0 Å². The maximum absolute atomic E-state index is 6.00. The lowest BCUT2D eigenvalue weighted by Gasteiger charge is -2.06. The van der Waals surface area contributed by atoms with Crippen LogP contribution in [0.2, 0.25) is 0 Å². The summed E-state index contributed by atoms with van der Waals surface area (Å²) >= 11 is 0. The summed E-state index contributed by atoms with van der Waals surface area (Å²) in [5.41, 5.74) is 2.20. The van der Waals surface area contributed by atoms with Gasteiger partial charge in [0.1, 0.15) is 22.9 Å². The second kappa shape index (κ2) is 5.44. The molecule has 0 aliphatic carbocycles. The van der Waals surface area contributed by atoms with Gasteiger partial charge in [0.15, 0.2) is 0 Å². The lowest BCUT2D eigenvalue weighted by atomic mass is 10.0. The molecule has 0 N–H and O–H groups in total. The Hall–Kier alpha value is -1.96. The fraction of sp³-hybridized carbons (Fsp3) is 0.368. The van der Waals surface area contributed by atoms with E-state index in [1.165, 1.54) is 5.56 Å². The van der Waals surface area contributed by atoms with E-state index in [9.17, 15) is 0 Å². The summed E-state index contributed by atoms with van der Waals surface area (Å²) in [4.78, 5) is 0. The first kappa shape index (κ1) is 14.0. The fourth-order valence-electron chi connectivity index (χ4n) is 2.89. The molecule has 0 saturated carbocycles. The van der Waals surface area contributed by atoms with Crippen molar-refractivity contribution in [2.45, 2.75) is 46.0 Å². The minimum atomic E-state index is 0.308. The minimum absolute atomic E-state index is 0.308. The highest BCUT2D eigenvalue weighted by molar-refractivity contribution is 5.77. The van der Waals surface area contributed by atoms with E-state index in [4.69, 9.17) is 8.83 Å². The standard InChI is InChI=1S/C19H22O2/c1-12(2)19-14(4)10-16(20-19)9-13(3)18-11-15-7-5-6-8-17(15)21-18/h5-8,10-13H,9H2,1-4H3. The van der Waals surface area contributed by atoms with Crippen molar-refractivity contribution < 1.29 is 8.83 Å². The molecule has 2 heteroatoms. The lowest BCUT2D eigenvalue weighted by molar-refractivity contribution is 0.420. The fourth-order valence-corrected chi connectivity index (χ4v) is 2.89. The monoisotopic (exact) mass is 282 g/mol. The maximum Gasteiger partial charge on any atom is 0.134 e. The van der Waals surface area contributed by atoms with Crippen molar-refractivity contribution in [3.05, 3.63) is 59.2 Å². The summed E-state index contributed by atoms with van der Waals surface area (Å²) < 4.78 is 11.9. The Morgan fingerprint density at radius 3 is 2.43 bits per heavy atom. The third-order valence-corrected chi connectivity index (χ3v) is 3.97. The van der Waals surface area contributed by atoms with Gasteiger partial charge in [-0.05, 0) is 30.7 Å². The number of para-hydroxylation sites is 1. The molecule has 2 nitrogen and oxygen atoms in total. The molecule has 3 aromatic rings. The first-order valence-electron chi connectivity index (χ1n) is 7.62. The maximum atomic E-state index is 6.00. The van der Waals surface area contributed by atoms with E-state index < -0.39 is 0 Å². The Morgan fingerprint density at radius 2 is 1.76 bits per heavy atom. The van der Waals surface area contributed by atoms with Crippen molar-refractivity contribution in [3.8, 4) is 0 Å². The number of fused-ring (bicyclic) bond motifs is 1. The molecular weight excluding hydrogens is 260 g/mol. The van der Waals surface area contributed by atoms with Gasteiger partial charge in [-0.1, -0.05) is 39.0 Å². The van der Waals surface area contributed by atoms with Gasteiger partial charge in [-0.3, -0.25) is 0 Å². The third kappa shape index (κ3) is 2.76. The molecule has 0 amide bonds. The van der Waals surface area contributed by atoms with E-state index in [1.807, 2.05) is 18.2 Å². The van der Waals surface area contributed by atoms with Crippen LogP contribution in [0.5, 0.6) is 0 Å². The van der Waals surface area contributed by atoms with Crippen LogP contribution in [0.4, 0.5) is 0 Å². The molecule has 2 aromatic heterocycles. The molecule has 110 valence electrons. The summed E-state index contributed by atoms with van der Waals surface area (Å²) in [6.45, 7) is 8.63. The summed E-state index contributed by atoms with van der Waals surface area (Å²) in [6.07, 6.45) is 0.868. The first-order valence-corrected chi connectivity index (χ1v) is 7.62. The molecule has 1 unspecified atom stereocenters. The van der Waals surface area contributed by atoms with Crippen molar-refractivity contribution in [1.29, 1.82) is 0 Å². The summed E-state index contributed by atoms with van der Waals surface area (Å²) in [5, 5.41) is 1.16. The zero-order chi connectivity index (χ0) is 15.0. The van der Waals surface area contributed by atoms with Crippen LogP contribution in [0.1, 0.15) is 55.5 Å². The van der Waals surface area contributed by atoms with E-state index >= 15 is 0 Å². The molecule has 1 aromatic carbocycles. The summed E-state index contributed by atoms with van der Waals surface area (Å²) in [7, 11) is 0. The van der Waals surface area contributed by atoms with E-state index in [-0.39, 0.29) is 0 Å². The van der Waals surface area contributed by atoms with Crippen molar-refractivity contribution in [2.24, 2.45) is 0 Å². The van der Waals surface area contributed by atoms with Crippen LogP contribution < -0.4 is 0 Å². The Morgan fingerprint density at radius 1 is 1.00 bits per heavy atom. The second-order valence-electron chi connectivity index (χ2n) is 6.21. The zero-order valence-corrected chi connectivity index (χ0v) is 13.1. The molecule has 1 atom stereocenters. The van der Waals surface area contributed by atoms with Crippen molar-refractivity contribution in [3.63, 3.8) is 0 Å². The summed E-state index contributed by atoms with van der Waals surface area (Å²) in [5.74, 6) is 3.91. The molecule has 0 radical (unpaired) electrons. The topological polar surface area (TPSA) is 26.3 Å². The van der Waals surface area contributed by atoms with Gasteiger partial charge in [0.25, 0.3) is 0 Å². The highest BCUT2D eigenvalue weighted by Gasteiger charge is 2.16. The number of hydrogen-bond donors (Lipinski definition) is 0. The lowest BCUT2D eigenvalue weighted by Crippen LogP contribution is -1.95. The first-order chi connectivity index (χ1) is 10.0. The average molecular weight is 282 g/mol. The Bertz CT molecular complexity index is 713. The molecule has 0 saturated heterocycles. The third-order valence-electron chi connectivity index (χ3n) is 3.97. The van der Waals surface area contributed by atoms with Gasteiger partial charge >= 0.3 is 0 Å². The van der Waals surface area contributed by atoms with Gasteiger partial charge in [0.05, 0.1) is 0 Å². The number of furan rings is 2. The number of benzene rings is 1. The molecule has 21 heavy (non-hydrogen) atoms. The van der Waals surface area contributed by atoms with Gasteiger partial charge in [-0.25, -0.2) is 0 Å². The predicted molar refractivity (Wildman–Crippen MR) is 85.9 cm³/mol. The quantitative estimate of drug-likeness (QED) is 0.604. The van der Waals surface area contributed by atoms with Crippen molar-refractivity contribution in [2.75, 3.05) is 0 Å². The van der Waals surface area contributed by atoms with Crippen LogP contribution in [-0.4, -0.2) is 0 Å². The molecule has 2 heterocycles. The van der Waals surface area contributed by atoms with E-state index in [1.54, 1.807) is 0 Å². The van der Waals surface area contributed by atoms with Crippen molar-refractivity contribution >= 4 is 11.0 Å². The number of aryl methyl sites for hydroxylation is 1. The van der Waals surface area contributed by atoms with Crippen molar-refractivity contribution in [1.82, 2.24) is 0 Å². The predicted octanol–water partition coefficient (Wildman–Crippen LogP) is 5.80. The zero-order valence-electron chi connectivity index (χ0n) is 13.1. The Balaban J connectivity index is 1.82. The molecule has 0 fully saturated rings. The molecule has 0 spiro atoms. The molecular formula is C19H22O2. The van der Waals surface area contributed by atoms with Crippen LogP contribution in [-0.2, 0) is 6.42 Å². The second-order valence-corrected chi connectivity index (χ2v) is 6.21. The molecule has 0 aliphatic rings. The van der Waals surface area contributed by atoms with Crippen LogP contribution >= 0.6 is 0 Å². The number of rotatable bonds is 4. The Labute approximate surface area is 125 Å². The minimum Gasteiger partial charge on any atom is -0.466 e. The molecule has 0 aliphatic heterocycles.